The fraction of sp³-hybridized carbons (Fsp3) is 0.692. The van der Waals surface area contributed by atoms with Crippen molar-refractivity contribution in [2.75, 3.05) is 20.2 Å². The minimum Gasteiger partial charge on any atom is -0.390 e. The van der Waals surface area contributed by atoms with E-state index in [0.29, 0.717) is 24.7 Å². The molecule has 2 atom stereocenters. The Morgan fingerprint density at radius 1 is 1.50 bits per heavy atom. The monoisotopic (exact) mass is 302 g/mol. The van der Waals surface area contributed by atoms with E-state index >= 15 is 0 Å². The number of aryl methyl sites for hydroxylation is 1. The molecule has 1 aromatic rings. The summed E-state index contributed by atoms with van der Waals surface area (Å²) in [6.45, 7) is 2.78. The summed E-state index contributed by atoms with van der Waals surface area (Å²) in [5.41, 5.74) is 0.581. The van der Waals surface area contributed by atoms with E-state index in [1.807, 2.05) is 0 Å². The maximum absolute atomic E-state index is 12.6. The standard InChI is InChI=1S/C13H22N2O4S/c1-10-4-5-15(8-13(10)19-3)20(17,18)12-6-11(9-16)14(2)7-12/h6-7,10,13,16H,4-5,8-9H2,1-3H3. The molecule has 1 fully saturated rings. The van der Waals surface area contributed by atoms with Crippen LogP contribution in [0.5, 0.6) is 0 Å². The highest BCUT2D eigenvalue weighted by atomic mass is 32.2. The predicted molar refractivity (Wildman–Crippen MR) is 74.7 cm³/mol. The maximum Gasteiger partial charge on any atom is 0.244 e. The van der Waals surface area contributed by atoms with Crippen LogP contribution in [0.1, 0.15) is 19.0 Å². The van der Waals surface area contributed by atoms with E-state index in [1.54, 1.807) is 24.9 Å². The molecule has 6 nitrogen and oxygen atoms in total. The van der Waals surface area contributed by atoms with Crippen LogP contribution in [0.3, 0.4) is 0 Å². The van der Waals surface area contributed by atoms with Gasteiger partial charge in [0, 0.05) is 39.1 Å². The molecule has 0 saturated carbocycles. The van der Waals surface area contributed by atoms with Gasteiger partial charge in [0.1, 0.15) is 4.90 Å². The summed E-state index contributed by atoms with van der Waals surface area (Å²) in [6, 6.07) is 1.52. The molecule has 20 heavy (non-hydrogen) atoms. The highest BCUT2D eigenvalue weighted by Crippen LogP contribution is 2.26. The van der Waals surface area contributed by atoms with Gasteiger partial charge in [-0.2, -0.15) is 4.31 Å². The van der Waals surface area contributed by atoms with Gasteiger partial charge in [-0.1, -0.05) is 6.92 Å². The first kappa shape index (κ1) is 15.5. The lowest BCUT2D eigenvalue weighted by Gasteiger charge is -2.35. The number of aliphatic hydroxyl groups excluding tert-OH is 1. The molecule has 0 radical (unpaired) electrons. The summed E-state index contributed by atoms with van der Waals surface area (Å²) in [5.74, 6) is 0.357. The van der Waals surface area contributed by atoms with Crippen LogP contribution < -0.4 is 0 Å². The van der Waals surface area contributed by atoms with Gasteiger partial charge >= 0.3 is 0 Å². The van der Waals surface area contributed by atoms with Crippen molar-refractivity contribution in [3.8, 4) is 0 Å². The van der Waals surface area contributed by atoms with Crippen LogP contribution in [-0.4, -0.2) is 48.7 Å². The van der Waals surface area contributed by atoms with Gasteiger partial charge in [0.05, 0.1) is 12.7 Å². The smallest absolute Gasteiger partial charge is 0.244 e. The van der Waals surface area contributed by atoms with Gasteiger partial charge in [0.25, 0.3) is 0 Å². The van der Waals surface area contributed by atoms with Gasteiger partial charge in [0.15, 0.2) is 0 Å². The number of aliphatic hydroxyl groups is 1. The molecule has 0 bridgehead atoms. The van der Waals surface area contributed by atoms with Crippen LogP contribution in [0.15, 0.2) is 17.2 Å². The Balaban J connectivity index is 2.25. The van der Waals surface area contributed by atoms with Crippen LogP contribution >= 0.6 is 0 Å². The van der Waals surface area contributed by atoms with E-state index in [0.717, 1.165) is 6.42 Å². The molecule has 114 valence electrons. The molecule has 2 heterocycles. The number of hydrogen-bond acceptors (Lipinski definition) is 4. The number of aromatic nitrogens is 1. The summed E-state index contributed by atoms with van der Waals surface area (Å²) >= 11 is 0. The third-order valence-electron chi connectivity index (χ3n) is 4.04. The Hall–Kier alpha value is -0.890. The molecule has 7 heteroatoms. The lowest BCUT2D eigenvalue weighted by molar-refractivity contribution is 0.0184. The van der Waals surface area contributed by atoms with Crippen molar-refractivity contribution in [2.24, 2.45) is 13.0 Å². The molecule has 1 aromatic heterocycles. The molecular weight excluding hydrogens is 280 g/mol. The Morgan fingerprint density at radius 3 is 2.75 bits per heavy atom. The van der Waals surface area contributed by atoms with Crippen LogP contribution in [0.4, 0.5) is 0 Å². The quantitative estimate of drug-likeness (QED) is 0.882. The second-order valence-electron chi connectivity index (χ2n) is 5.34. The number of piperidine rings is 1. The molecule has 0 aromatic carbocycles. The highest BCUT2D eigenvalue weighted by molar-refractivity contribution is 7.89. The molecule has 1 saturated heterocycles. The summed E-state index contributed by atoms with van der Waals surface area (Å²) in [7, 11) is -0.181. The maximum atomic E-state index is 12.6. The number of nitrogens with zero attached hydrogens (tertiary/aromatic N) is 2. The second-order valence-corrected chi connectivity index (χ2v) is 7.28. The van der Waals surface area contributed by atoms with Crippen molar-refractivity contribution in [1.82, 2.24) is 8.87 Å². The number of hydrogen-bond donors (Lipinski definition) is 1. The van der Waals surface area contributed by atoms with Gasteiger partial charge in [-0.25, -0.2) is 8.42 Å². The highest BCUT2D eigenvalue weighted by Gasteiger charge is 2.34. The minimum absolute atomic E-state index is 0.0699. The first-order valence-corrected chi connectivity index (χ1v) is 8.13. The normalized spacial score (nSPS) is 25.0. The Morgan fingerprint density at radius 2 is 2.20 bits per heavy atom. The SMILES string of the molecule is COC1CN(S(=O)(=O)c2cc(CO)n(C)c2)CCC1C. The molecule has 2 unspecified atom stereocenters. The zero-order valence-electron chi connectivity index (χ0n) is 12.1. The van der Waals surface area contributed by atoms with E-state index in [4.69, 9.17) is 4.74 Å². The van der Waals surface area contributed by atoms with Gasteiger partial charge < -0.3 is 14.4 Å². The fourth-order valence-corrected chi connectivity index (χ4v) is 4.12. The van der Waals surface area contributed by atoms with Gasteiger partial charge in [0.2, 0.25) is 10.0 Å². The van der Waals surface area contributed by atoms with E-state index in [1.165, 1.54) is 10.4 Å². The predicted octanol–water partition coefficient (Wildman–Crippen LogP) is 0.563. The van der Waals surface area contributed by atoms with Crippen molar-refractivity contribution in [2.45, 2.75) is 31.0 Å². The number of sulfonamides is 1. The number of rotatable bonds is 4. The molecule has 1 aliphatic heterocycles. The van der Waals surface area contributed by atoms with Gasteiger partial charge in [-0.05, 0) is 18.4 Å². The topological polar surface area (TPSA) is 71.8 Å². The second kappa shape index (κ2) is 5.85. The molecule has 2 rings (SSSR count). The van der Waals surface area contributed by atoms with E-state index in [2.05, 4.69) is 6.92 Å². The Labute approximate surface area is 120 Å². The fourth-order valence-electron chi connectivity index (χ4n) is 2.55. The lowest BCUT2D eigenvalue weighted by Crippen LogP contribution is -2.46. The Bertz CT molecular complexity index is 567. The third kappa shape index (κ3) is 2.76. The average molecular weight is 302 g/mol. The van der Waals surface area contributed by atoms with Crippen molar-refractivity contribution in [1.29, 1.82) is 0 Å². The molecule has 0 spiro atoms. The molecule has 1 aliphatic rings. The molecule has 0 amide bonds. The molecular formula is C13H22N2O4S. The van der Waals surface area contributed by atoms with Crippen molar-refractivity contribution < 1.29 is 18.3 Å². The van der Waals surface area contributed by atoms with Crippen LogP contribution in [0.2, 0.25) is 0 Å². The van der Waals surface area contributed by atoms with Crippen LogP contribution in [0.25, 0.3) is 0 Å². The van der Waals surface area contributed by atoms with Gasteiger partial charge in [-0.3, -0.25) is 0 Å². The zero-order valence-corrected chi connectivity index (χ0v) is 12.9. The average Bonchev–Trinajstić information content (AvgIpc) is 2.81. The number of methoxy groups -OCH3 is 1. The van der Waals surface area contributed by atoms with Crippen LogP contribution in [-0.2, 0) is 28.4 Å². The summed E-state index contributed by atoms with van der Waals surface area (Å²) in [5, 5.41) is 9.17. The largest absolute Gasteiger partial charge is 0.390 e. The van der Waals surface area contributed by atoms with Crippen molar-refractivity contribution in [3.63, 3.8) is 0 Å². The first-order valence-electron chi connectivity index (χ1n) is 6.69. The summed E-state index contributed by atoms with van der Waals surface area (Å²) in [4.78, 5) is 0.230. The van der Waals surface area contributed by atoms with Crippen molar-refractivity contribution >= 4 is 10.0 Å². The Kier molecular flexibility index (Phi) is 4.53. The van der Waals surface area contributed by atoms with Crippen LogP contribution in [0, 0.1) is 5.92 Å². The van der Waals surface area contributed by atoms with E-state index in [9.17, 15) is 13.5 Å². The summed E-state index contributed by atoms with van der Waals surface area (Å²) in [6.07, 6.45) is 2.26. The summed E-state index contributed by atoms with van der Waals surface area (Å²) < 4.78 is 33.7. The zero-order chi connectivity index (χ0) is 14.9. The molecule has 0 aliphatic carbocycles. The number of ether oxygens (including phenoxy) is 1. The minimum atomic E-state index is -3.52. The van der Waals surface area contributed by atoms with Crippen molar-refractivity contribution in [3.05, 3.63) is 18.0 Å². The van der Waals surface area contributed by atoms with Gasteiger partial charge in [-0.15, -0.1) is 0 Å². The molecule has 1 N–H and O–H groups in total. The van der Waals surface area contributed by atoms with E-state index < -0.39 is 10.0 Å². The third-order valence-corrected chi connectivity index (χ3v) is 5.87. The van der Waals surface area contributed by atoms with E-state index in [-0.39, 0.29) is 17.6 Å². The first-order chi connectivity index (χ1) is 9.40. The lowest BCUT2D eigenvalue weighted by atomic mass is 9.97.